The Morgan fingerprint density at radius 1 is 1.19 bits per heavy atom. The number of halogens is 1. The standard InChI is InChI=1S/C21H33ClN2O3/c1-20(2,3)27-19(25)24-12-10-16(11-13-24)23-14-21(4,5)15-26-18-9-7-6-8-17(18)22/h6-9,16,23H,10-15H2,1-5H3. The third-order valence-electron chi connectivity index (χ3n) is 4.47. The van der Waals surface area contributed by atoms with Gasteiger partial charge in [-0.25, -0.2) is 4.79 Å². The van der Waals surface area contributed by atoms with Gasteiger partial charge in [-0.1, -0.05) is 37.6 Å². The molecule has 1 N–H and O–H groups in total. The summed E-state index contributed by atoms with van der Waals surface area (Å²) in [5.74, 6) is 0.720. The fourth-order valence-electron chi connectivity index (χ4n) is 2.90. The van der Waals surface area contributed by atoms with Crippen LogP contribution in [0, 0.1) is 5.41 Å². The van der Waals surface area contributed by atoms with E-state index >= 15 is 0 Å². The maximum atomic E-state index is 12.1. The number of ether oxygens (including phenoxy) is 2. The van der Waals surface area contributed by atoms with Crippen LogP contribution < -0.4 is 10.1 Å². The molecule has 0 unspecified atom stereocenters. The van der Waals surface area contributed by atoms with Crippen molar-refractivity contribution in [2.24, 2.45) is 5.41 Å². The number of hydrogen-bond donors (Lipinski definition) is 1. The first kappa shape index (κ1) is 21.8. The summed E-state index contributed by atoms with van der Waals surface area (Å²) < 4.78 is 11.3. The molecule has 1 aliphatic heterocycles. The van der Waals surface area contributed by atoms with E-state index in [4.69, 9.17) is 21.1 Å². The van der Waals surface area contributed by atoms with Gasteiger partial charge in [0.05, 0.1) is 11.6 Å². The number of benzene rings is 1. The Bertz CT molecular complexity index is 620. The van der Waals surface area contributed by atoms with Gasteiger partial charge in [0.2, 0.25) is 0 Å². The Labute approximate surface area is 168 Å². The monoisotopic (exact) mass is 396 g/mol. The second-order valence-electron chi connectivity index (χ2n) is 9.01. The Balaban J connectivity index is 1.72. The number of amides is 1. The van der Waals surface area contributed by atoms with Gasteiger partial charge in [0.25, 0.3) is 0 Å². The van der Waals surface area contributed by atoms with Gasteiger partial charge in [0.1, 0.15) is 11.4 Å². The first-order valence-corrected chi connectivity index (χ1v) is 10.0. The van der Waals surface area contributed by atoms with Crippen molar-refractivity contribution in [3.05, 3.63) is 29.3 Å². The van der Waals surface area contributed by atoms with Crippen LogP contribution in [0.2, 0.25) is 5.02 Å². The zero-order valence-electron chi connectivity index (χ0n) is 17.2. The lowest BCUT2D eigenvalue weighted by molar-refractivity contribution is 0.0195. The van der Waals surface area contributed by atoms with Crippen molar-refractivity contribution in [1.29, 1.82) is 0 Å². The van der Waals surface area contributed by atoms with Gasteiger partial charge in [0, 0.05) is 31.1 Å². The van der Waals surface area contributed by atoms with Crippen molar-refractivity contribution in [2.75, 3.05) is 26.2 Å². The molecule has 1 heterocycles. The minimum Gasteiger partial charge on any atom is -0.491 e. The largest absolute Gasteiger partial charge is 0.491 e. The van der Waals surface area contributed by atoms with Crippen LogP contribution >= 0.6 is 11.6 Å². The van der Waals surface area contributed by atoms with Crippen LogP contribution in [0.4, 0.5) is 4.79 Å². The highest BCUT2D eigenvalue weighted by atomic mass is 35.5. The lowest BCUT2D eigenvalue weighted by atomic mass is 9.93. The maximum absolute atomic E-state index is 12.1. The molecule has 1 amide bonds. The Morgan fingerprint density at radius 3 is 2.41 bits per heavy atom. The maximum Gasteiger partial charge on any atom is 0.410 e. The summed E-state index contributed by atoms with van der Waals surface area (Å²) in [6.07, 6.45) is 1.65. The molecule has 1 aliphatic rings. The molecule has 0 aliphatic carbocycles. The summed E-state index contributed by atoms with van der Waals surface area (Å²) in [5.41, 5.74) is -0.473. The van der Waals surface area contributed by atoms with Crippen LogP contribution in [-0.2, 0) is 4.74 Å². The van der Waals surface area contributed by atoms with E-state index in [1.54, 1.807) is 4.90 Å². The highest BCUT2D eigenvalue weighted by molar-refractivity contribution is 6.32. The van der Waals surface area contributed by atoms with Crippen LogP contribution in [0.5, 0.6) is 5.75 Å². The molecule has 1 aromatic rings. The highest BCUT2D eigenvalue weighted by Crippen LogP contribution is 2.26. The lowest BCUT2D eigenvalue weighted by Crippen LogP contribution is -2.48. The predicted molar refractivity (Wildman–Crippen MR) is 110 cm³/mol. The van der Waals surface area contributed by atoms with Crippen LogP contribution in [0.3, 0.4) is 0 Å². The van der Waals surface area contributed by atoms with Crippen molar-refractivity contribution in [3.63, 3.8) is 0 Å². The van der Waals surface area contributed by atoms with E-state index in [2.05, 4.69) is 19.2 Å². The Morgan fingerprint density at radius 2 is 1.81 bits per heavy atom. The number of hydrogen-bond acceptors (Lipinski definition) is 4. The zero-order valence-corrected chi connectivity index (χ0v) is 17.9. The van der Waals surface area contributed by atoms with E-state index in [9.17, 15) is 4.79 Å². The number of likely N-dealkylation sites (tertiary alicyclic amines) is 1. The molecule has 152 valence electrons. The second-order valence-corrected chi connectivity index (χ2v) is 9.41. The number of piperidine rings is 1. The highest BCUT2D eigenvalue weighted by Gasteiger charge is 2.28. The van der Waals surface area contributed by atoms with Gasteiger partial charge in [0.15, 0.2) is 0 Å². The molecule has 1 aromatic carbocycles. The van der Waals surface area contributed by atoms with Crippen molar-refractivity contribution < 1.29 is 14.3 Å². The van der Waals surface area contributed by atoms with E-state index in [0.717, 1.165) is 38.2 Å². The summed E-state index contributed by atoms with van der Waals surface area (Å²) in [5, 5.41) is 4.26. The van der Waals surface area contributed by atoms with Gasteiger partial charge < -0.3 is 19.7 Å². The van der Waals surface area contributed by atoms with Crippen molar-refractivity contribution in [1.82, 2.24) is 10.2 Å². The van der Waals surface area contributed by atoms with Crippen LogP contribution in [-0.4, -0.2) is 48.9 Å². The van der Waals surface area contributed by atoms with E-state index < -0.39 is 5.60 Å². The number of nitrogens with one attached hydrogen (secondary N) is 1. The molecule has 5 nitrogen and oxygen atoms in total. The normalized spacial score (nSPS) is 16.3. The average Bonchev–Trinajstić information content (AvgIpc) is 2.58. The Hall–Kier alpha value is -1.46. The molecule has 0 bridgehead atoms. The van der Waals surface area contributed by atoms with Crippen LogP contribution in [0.15, 0.2) is 24.3 Å². The van der Waals surface area contributed by atoms with Crippen molar-refractivity contribution in [3.8, 4) is 5.75 Å². The molecule has 6 heteroatoms. The third-order valence-corrected chi connectivity index (χ3v) is 4.78. The summed E-state index contributed by atoms with van der Waals surface area (Å²) in [7, 11) is 0. The third kappa shape index (κ3) is 7.59. The molecular weight excluding hydrogens is 364 g/mol. The summed E-state index contributed by atoms with van der Waals surface area (Å²) in [4.78, 5) is 13.9. The fourth-order valence-corrected chi connectivity index (χ4v) is 3.09. The molecule has 0 spiro atoms. The molecule has 0 aromatic heterocycles. The van der Waals surface area contributed by atoms with E-state index in [-0.39, 0.29) is 11.5 Å². The molecule has 0 radical (unpaired) electrons. The van der Waals surface area contributed by atoms with Gasteiger partial charge in [-0.15, -0.1) is 0 Å². The fraction of sp³-hybridized carbons (Fsp3) is 0.667. The average molecular weight is 397 g/mol. The summed E-state index contributed by atoms with van der Waals surface area (Å²) in [6, 6.07) is 7.94. The number of carbonyl (C=O) groups excluding carboxylic acids is 1. The quantitative estimate of drug-likeness (QED) is 0.754. The number of nitrogens with zero attached hydrogens (tertiary/aromatic N) is 1. The smallest absolute Gasteiger partial charge is 0.410 e. The molecule has 1 saturated heterocycles. The first-order chi connectivity index (χ1) is 12.6. The molecule has 27 heavy (non-hydrogen) atoms. The van der Waals surface area contributed by atoms with E-state index in [1.807, 2.05) is 45.0 Å². The molecule has 0 saturated carbocycles. The van der Waals surface area contributed by atoms with Crippen molar-refractivity contribution >= 4 is 17.7 Å². The van der Waals surface area contributed by atoms with E-state index in [0.29, 0.717) is 17.7 Å². The Kier molecular flexibility index (Phi) is 7.40. The number of carbonyl (C=O) groups is 1. The van der Waals surface area contributed by atoms with Crippen LogP contribution in [0.25, 0.3) is 0 Å². The second kappa shape index (κ2) is 9.16. The van der Waals surface area contributed by atoms with Gasteiger partial charge in [-0.2, -0.15) is 0 Å². The summed E-state index contributed by atoms with van der Waals surface area (Å²) >= 11 is 6.15. The van der Waals surface area contributed by atoms with E-state index in [1.165, 1.54) is 0 Å². The molecule has 1 fully saturated rings. The van der Waals surface area contributed by atoms with Gasteiger partial charge >= 0.3 is 6.09 Å². The van der Waals surface area contributed by atoms with Crippen molar-refractivity contribution in [2.45, 2.75) is 59.1 Å². The zero-order chi connectivity index (χ0) is 20.1. The first-order valence-electron chi connectivity index (χ1n) is 9.64. The number of rotatable bonds is 6. The van der Waals surface area contributed by atoms with Crippen LogP contribution in [0.1, 0.15) is 47.5 Å². The topological polar surface area (TPSA) is 50.8 Å². The SMILES string of the molecule is CC(C)(CNC1CCN(C(=O)OC(C)(C)C)CC1)COc1ccccc1Cl. The predicted octanol–water partition coefficient (Wildman–Crippen LogP) is 4.73. The van der Waals surface area contributed by atoms with Gasteiger partial charge in [-0.05, 0) is 45.7 Å². The molecular formula is C21H33ClN2O3. The molecule has 0 atom stereocenters. The minimum atomic E-state index is -0.447. The summed E-state index contributed by atoms with van der Waals surface area (Å²) in [6.45, 7) is 12.9. The molecule has 2 rings (SSSR count). The minimum absolute atomic E-state index is 0.0263. The number of para-hydroxylation sites is 1. The van der Waals surface area contributed by atoms with Gasteiger partial charge in [-0.3, -0.25) is 0 Å². The lowest BCUT2D eigenvalue weighted by Gasteiger charge is -2.35.